The van der Waals surface area contributed by atoms with Gasteiger partial charge in [0, 0.05) is 12.1 Å². The summed E-state index contributed by atoms with van der Waals surface area (Å²) in [6.07, 6.45) is 15.8. The van der Waals surface area contributed by atoms with E-state index >= 15 is 0 Å². The van der Waals surface area contributed by atoms with Gasteiger partial charge in [-0.3, -0.25) is 0 Å². The van der Waals surface area contributed by atoms with Crippen LogP contribution >= 0.6 is 0 Å². The van der Waals surface area contributed by atoms with E-state index in [2.05, 4.69) is 33.0 Å². The maximum atomic E-state index is 4.01. The predicted molar refractivity (Wildman–Crippen MR) is 93.6 cm³/mol. The zero-order valence-corrected chi connectivity index (χ0v) is 15.1. The van der Waals surface area contributed by atoms with Crippen LogP contribution in [0.1, 0.15) is 98.3 Å². The highest BCUT2D eigenvalue weighted by molar-refractivity contribution is 4.87. The van der Waals surface area contributed by atoms with Crippen LogP contribution in [0.3, 0.4) is 0 Å². The molecule has 2 aliphatic rings. The molecule has 124 valence electrons. The molecule has 2 saturated carbocycles. The summed E-state index contributed by atoms with van der Waals surface area (Å²) in [7, 11) is 0. The highest BCUT2D eigenvalue weighted by Gasteiger charge is 2.32. The van der Waals surface area contributed by atoms with Gasteiger partial charge >= 0.3 is 0 Å². The molecule has 1 heteroatoms. The monoisotopic (exact) mass is 293 g/mol. The molecule has 21 heavy (non-hydrogen) atoms. The lowest BCUT2D eigenvalue weighted by Crippen LogP contribution is -2.43. The van der Waals surface area contributed by atoms with Crippen molar-refractivity contribution in [1.29, 1.82) is 0 Å². The van der Waals surface area contributed by atoms with Gasteiger partial charge in [-0.25, -0.2) is 0 Å². The Bertz CT molecular complexity index is 280. The van der Waals surface area contributed by atoms with Crippen LogP contribution in [-0.4, -0.2) is 12.1 Å². The second-order valence-electron chi connectivity index (χ2n) is 8.60. The minimum absolute atomic E-state index is 0.553. The quantitative estimate of drug-likeness (QED) is 0.619. The molecule has 2 fully saturated rings. The molecule has 0 spiro atoms. The predicted octanol–water partition coefficient (Wildman–Crippen LogP) is 5.93. The first-order valence-electron chi connectivity index (χ1n) is 9.79. The zero-order chi connectivity index (χ0) is 15.3. The highest BCUT2D eigenvalue weighted by Crippen LogP contribution is 2.40. The van der Waals surface area contributed by atoms with Gasteiger partial charge in [0.1, 0.15) is 0 Å². The Labute approximate surface area is 133 Å². The summed E-state index contributed by atoms with van der Waals surface area (Å²) in [4.78, 5) is 0. The molecule has 0 aromatic rings. The standard InChI is InChI=1S/C20H39N/c1-5-20(3,4)18-12-14-19(15-13-18)21-16(2)17-10-8-6-7-9-11-17/h16-19,21H,5-15H2,1-4H3/t16-,18?,19?/m0/s1. The number of rotatable bonds is 5. The van der Waals surface area contributed by atoms with Crippen molar-refractivity contribution in [3.8, 4) is 0 Å². The average Bonchev–Trinajstić information content (AvgIpc) is 2.77. The Hall–Kier alpha value is -0.0400. The summed E-state index contributed by atoms with van der Waals surface area (Å²) in [5, 5.41) is 4.01. The molecular formula is C20H39N. The summed E-state index contributed by atoms with van der Waals surface area (Å²) in [5.74, 6) is 1.89. The highest BCUT2D eigenvalue weighted by atomic mass is 15.0. The third-order valence-corrected chi connectivity index (χ3v) is 6.85. The van der Waals surface area contributed by atoms with Gasteiger partial charge in [-0.2, -0.15) is 0 Å². The Balaban J connectivity index is 1.75. The van der Waals surface area contributed by atoms with Crippen molar-refractivity contribution in [3.63, 3.8) is 0 Å². The molecule has 0 bridgehead atoms. The molecule has 0 saturated heterocycles. The molecule has 0 aliphatic heterocycles. The van der Waals surface area contributed by atoms with Crippen molar-refractivity contribution in [2.24, 2.45) is 17.3 Å². The van der Waals surface area contributed by atoms with Crippen molar-refractivity contribution in [1.82, 2.24) is 5.32 Å². The molecule has 1 nitrogen and oxygen atoms in total. The van der Waals surface area contributed by atoms with Crippen LogP contribution in [0.2, 0.25) is 0 Å². The van der Waals surface area contributed by atoms with Gasteiger partial charge in [-0.1, -0.05) is 52.9 Å². The average molecular weight is 294 g/mol. The van der Waals surface area contributed by atoms with Gasteiger partial charge in [-0.15, -0.1) is 0 Å². The van der Waals surface area contributed by atoms with Crippen molar-refractivity contribution in [2.45, 2.75) is 110 Å². The van der Waals surface area contributed by atoms with Crippen molar-refractivity contribution in [2.75, 3.05) is 0 Å². The third-order valence-electron chi connectivity index (χ3n) is 6.85. The van der Waals surface area contributed by atoms with E-state index in [1.165, 1.54) is 70.6 Å². The molecule has 0 aromatic carbocycles. The lowest BCUT2D eigenvalue weighted by Gasteiger charge is -2.40. The minimum Gasteiger partial charge on any atom is -0.311 e. The first-order chi connectivity index (χ1) is 10.0. The first kappa shape index (κ1) is 17.3. The van der Waals surface area contributed by atoms with E-state index < -0.39 is 0 Å². The topological polar surface area (TPSA) is 12.0 Å². The van der Waals surface area contributed by atoms with Crippen molar-refractivity contribution >= 4 is 0 Å². The molecule has 0 amide bonds. The number of hydrogen-bond acceptors (Lipinski definition) is 1. The summed E-state index contributed by atoms with van der Waals surface area (Å²) < 4.78 is 0. The molecule has 0 aromatic heterocycles. The van der Waals surface area contributed by atoms with Crippen LogP contribution in [0, 0.1) is 17.3 Å². The number of hydrogen-bond donors (Lipinski definition) is 1. The lowest BCUT2D eigenvalue weighted by molar-refractivity contribution is 0.130. The summed E-state index contributed by atoms with van der Waals surface area (Å²) in [6, 6.07) is 1.54. The molecule has 0 heterocycles. The van der Waals surface area contributed by atoms with E-state index in [9.17, 15) is 0 Å². The molecule has 1 atom stereocenters. The van der Waals surface area contributed by atoms with E-state index in [0.717, 1.165) is 23.9 Å². The summed E-state index contributed by atoms with van der Waals surface area (Å²) in [5.41, 5.74) is 0.553. The molecule has 1 N–H and O–H groups in total. The summed E-state index contributed by atoms with van der Waals surface area (Å²) >= 11 is 0. The fourth-order valence-electron chi connectivity index (χ4n) is 4.65. The van der Waals surface area contributed by atoms with Crippen LogP contribution in [-0.2, 0) is 0 Å². The molecular weight excluding hydrogens is 254 g/mol. The van der Waals surface area contributed by atoms with Gasteiger partial charge in [0.15, 0.2) is 0 Å². The lowest BCUT2D eigenvalue weighted by atomic mass is 9.69. The summed E-state index contributed by atoms with van der Waals surface area (Å²) in [6.45, 7) is 9.76. The van der Waals surface area contributed by atoms with Gasteiger partial charge in [-0.05, 0) is 62.7 Å². The van der Waals surface area contributed by atoms with Gasteiger partial charge in [0.25, 0.3) is 0 Å². The fraction of sp³-hybridized carbons (Fsp3) is 1.00. The fourth-order valence-corrected chi connectivity index (χ4v) is 4.65. The minimum atomic E-state index is 0.553. The van der Waals surface area contributed by atoms with E-state index in [1.54, 1.807) is 0 Å². The molecule has 2 aliphatic carbocycles. The normalized spacial score (nSPS) is 30.9. The molecule has 0 radical (unpaired) electrons. The Morgan fingerprint density at radius 1 is 0.905 bits per heavy atom. The van der Waals surface area contributed by atoms with Crippen molar-refractivity contribution in [3.05, 3.63) is 0 Å². The maximum absolute atomic E-state index is 4.01. The van der Waals surface area contributed by atoms with E-state index in [4.69, 9.17) is 0 Å². The zero-order valence-electron chi connectivity index (χ0n) is 15.1. The van der Waals surface area contributed by atoms with Crippen molar-refractivity contribution < 1.29 is 0 Å². The van der Waals surface area contributed by atoms with E-state index in [-0.39, 0.29) is 0 Å². The number of nitrogens with one attached hydrogen (secondary N) is 1. The molecule has 0 unspecified atom stereocenters. The first-order valence-corrected chi connectivity index (χ1v) is 9.79. The second kappa shape index (κ2) is 7.99. The molecule has 2 rings (SSSR count). The van der Waals surface area contributed by atoms with Gasteiger partial charge in [0.2, 0.25) is 0 Å². The maximum Gasteiger partial charge on any atom is 0.00698 e. The Morgan fingerprint density at radius 3 is 2.00 bits per heavy atom. The van der Waals surface area contributed by atoms with E-state index in [0.29, 0.717) is 5.41 Å². The second-order valence-corrected chi connectivity index (χ2v) is 8.60. The smallest absolute Gasteiger partial charge is 0.00698 e. The largest absolute Gasteiger partial charge is 0.311 e. The Kier molecular flexibility index (Phi) is 6.59. The SMILES string of the molecule is CCC(C)(C)C1CCC(N[C@@H](C)C2CCCCCC2)CC1. The van der Waals surface area contributed by atoms with Crippen LogP contribution < -0.4 is 5.32 Å². The van der Waals surface area contributed by atoms with Crippen LogP contribution in [0.5, 0.6) is 0 Å². The Morgan fingerprint density at radius 2 is 1.48 bits per heavy atom. The van der Waals surface area contributed by atoms with Crippen LogP contribution in [0.15, 0.2) is 0 Å². The van der Waals surface area contributed by atoms with Gasteiger partial charge in [0.05, 0.1) is 0 Å². The van der Waals surface area contributed by atoms with Crippen LogP contribution in [0.4, 0.5) is 0 Å². The van der Waals surface area contributed by atoms with Crippen LogP contribution in [0.25, 0.3) is 0 Å². The third kappa shape index (κ3) is 4.98. The van der Waals surface area contributed by atoms with E-state index in [1.807, 2.05) is 0 Å². The van der Waals surface area contributed by atoms with Gasteiger partial charge < -0.3 is 5.32 Å².